The second-order valence-corrected chi connectivity index (χ2v) is 8.67. The molecule has 2 aromatic heterocycles. The average molecular weight is 376 g/mol. The maximum Gasteiger partial charge on any atom is 0.240 e. The number of oxime groups is 1. The molecule has 4 heterocycles. The number of piperidine rings is 1. The number of rotatable bonds is 3. The fourth-order valence-electron chi connectivity index (χ4n) is 3.65. The molecule has 138 valence electrons. The molecule has 26 heavy (non-hydrogen) atoms. The molecule has 1 saturated heterocycles. The van der Waals surface area contributed by atoms with E-state index in [0.29, 0.717) is 30.8 Å². The molecule has 0 aliphatic carbocycles. The van der Waals surface area contributed by atoms with Crippen LogP contribution in [0.2, 0.25) is 0 Å². The van der Waals surface area contributed by atoms with Crippen LogP contribution in [-0.4, -0.2) is 43.4 Å². The lowest BCUT2D eigenvalue weighted by Gasteiger charge is -2.38. The lowest BCUT2D eigenvalue weighted by atomic mass is 9.88. The van der Waals surface area contributed by atoms with Gasteiger partial charge in [0.05, 0.1) is 12.2 Å². The monoisotopic (exact) mass is 376 g/mol. The zero-order chi connectivity index (χ0) is 18.4. The van der Waals surface area contributed by atoms with Crippen LogP contribution in [-0.2, 0) is 19.4 Å². The van der Waals surface area contributed by atoms with Gasteiger partial charge >= 0.3 is 0 Å². The molecule has 1 spiro atoms. The summed E-state index contributed by atoms with van der Waals surface area (Å²) < 4.78 is 32.7. The molecule has 2 unspecified atom stereocenters. The number of nitrogens with zero attached hydrogens (tertiary/aromatic N) is 4. The van der Waals surface area contributed by atoms with E-state index in [2.05, 4.69) is 15.3 Å². The first kappa shape index (κ1) is 17.3. The van der Waals surface area contributed by atoms with E-state index < -0.39 is 16.0 Å². The molecule has 0 bridgehead atoms. The SMILES string of the molecule is Cc1noc(C)c1[S+](=O)([O-])N1CCCC2(CC(c3ccccn3)=NO2)C1. The fourth-order valence-corrected chi connectivity index (χ4v) is 5.49. The van der Waals surface area contributed by atoms with E-state index in [1.165, 1.54) is 4.31 Å². The van der Waals surface area contributed by atoms with E-state index >= 15 is 0 Å². The van der Waals surface area contributed by atoms with Crippen molar-refractivity contribution in [2.45, 2.75) is 43.6 Å². The predicted molar refractivity (Wildman–Crippen MR) is 93.1 cm³/mol. The number of hydrogen-bond acceptors (Lipinski definition) is 7. The summed E-state index contributed by atoms with van der Waals surface area (Å²) in [7, 11) is -3.70. The van der Waals surface area contributed by atoms with Crippen molar-refractivity contribution in [3.05, 3.63) is 41.5 Å². The third-order valence-corrected chi connectivity index (χ3v) is 6.96. The molecule has 2 aliphatic heterocycles. The Kier molecular flexibility index (Phi) is 4.17. The molecule has 0 radical (unpaired) electrons. The maximum absolute atomic E-state index is 13.1. The minimum atomic E-state index is -3.70. The second-order valence-electron chi connectivity index (χ2n) is 6.80. The van der Waals surface area contributed by atoms with Crippen LogP contribution in [0.1, 0.15) is 36.4 Å². The third-order valence-electron chi connectivity index (χ3n) is 4.87. The largest absolute Gasteiger partial charge is 0.593 e. The lowest BCUT2D eigenvalue weighted by molar-refractivity contribution is -0.0534. The summed E-state index contributed by atoms with van der Waals surface area (Å²) in [6.45, 7) is 3.94. The highest BCUT2D eigenvalue weighted by Crippen LogP contribution is 2.38. The van der Waals surface area contributed by atoms with Gasteiger partial charge in [-0.1, -0.05) is 20.6 Å². The van der Waals surface area contributed by atoms with E-state index in [4.69, 9.17) is 9.36 Å². The summed E-state index contributed by atoms with van der Waals surface area (Å²) in [5.74, 6) is 0.305. The van der Waals surface area contributed by atoms with Crippen molar-refractivity contribution in [3.8, 4) is 0 Å². The van der Waals surface area contributed by atoms with Crippen LogP contribution in [0.25, 0.3) is 0 Å². The zero-order valence-corrected chi connectivity index (χ0v) is 15.5. The Balaban J connectivity index is 1.57. The van der Waals surface area contributed by atoms with Crippen molar-refractivity contribution in [1.29, 1.82) is 0 Å². The Morgan fingerprint density at radius 3 is 2.88 bits per heavy atom. The van der Waals surface area contributed by atoms with Gasteiger partial charge in [0.1, 0.15) is 11.4 Å². The molecule has 0 amide bonds. The molecule has 0 saturated carbocycles. The first-order valence-corrected chi connectivity index (χ1v) is 9.95. The summed E-state index contributed by atoms with van der Waals surface area (Å²) >= 11 is 0. The molecule has 9 heteroatoms. The molecule has 4 rings (SSSR count). The van der Waals surface area contributed by atoms with Crippen molar-refractivity contribution in [2.24, 2.45) is 5.16 Å². The molecule has 2 aromatic rings. The van der Waals surface area contributed by atoms with Crippen molar-refractivity contribution >= 4 is 16.1 Å². The zero-order valence-electron chi connectivity index (χ0n) is 14.7. The van der Waals surface area contributed by atoms with E-state index in [1.54, 1.807) is 20.0 Å². The highest BCUT2D eigenvalue weighted by atomic mass is 32.3. The van der Waals surface area contributed by atoms with Gasteiger partial charge in [0.25, 0.3) is 0 Å². The lowest BCUT2D eigenvalue weighted by Crippen LogP contribution is -2.52. The van der Waals surface area contributed by atoms with Gasteiger partial charge in [-0.25, -0.2) is 0 Å². The van der Waals surface area contributed by atoms with Crippen LogP contribution < -0.4 is 0 Å². The minimum Gasteiger partial charge on any atom is -0.593 e. The van der Waals surface area contributed by atoms with Crippen LogP contribution >= 0.6 is 0 Å². The third kappa shape index (κ3) is 2.85. The summed E-state index contributed by atoms with van der Waals surface area (Å²) in [5, 5.41) is 7.97. The van der Waals surface area contributed by atoms with E-state index in [0.717, 1.165) is 17.8 Å². The number of sulfonamides is 1. The molecule has 0 N–H and O–H groups in total. The molecule has 2 atom stereocenters. The van der Waals surface area contributed by atoms with Gasteiger partial charge in [0.2, 0.25) is 4.90 Å². The second kappa shape index (κ2) is 6.26. The topological polar surface area (TPSA) is 104 Å². The predicted octanol–water partition coefficient (Wildman–Crippen LogP) is 2.25. The van der Waals surface area contributed by atoms with Gasteiger partial charge in [-0.15, -0.1) is 4.31 Å². The number of aryl methyl sites for hydroxylation is 2. The van der Waals surface area contributed by atoms with Gasteiger partial charge in [0, 0.05) is 26.1 Å². The molecule has 1 fully saturated rings. The Hall–Kier alpha value is -2.10. The van der Waals surface area contributed by atoms with Crippen molar-refractivity contribution < 1.29 is 18.1 Å². The first-order chi connectivity index (χ1) is 12.4. The number of pyridine rings is 1. The first-order valence-electron chi connectivity index (χ1n) is 8.51. The van der Waals surface area contributed by atoms with Crippen LogP contribution in [0.15, 0.2) is 39.0 Å². The van der Waals surface area contributed by atoms with Crippen LogP contribution in [0.5, 0.6) is 0 Å². The number of aromatic nitrogens is 2. The Bertz CT molecular complexity index is 878. The van der Waals surface area contributed by atoms with E-state index in [9.17, 15) is 8.76 Å². The molecule has 8 nitrogen and oxygen atoms in total. The quantitative estimate of drug-likeness (QED) is 0.761. The Morgan fingerprint density at radius 1 is 1.35 bits per heavy atom. The smallest absolute Gasteiger partial charge is 0.240 e. The Morgan fingerprint density at radius 2 is 2.19 bits per heavy atom. The van der Waals surface area contributed by atoms with Crippen molar-refractivity contribution in [1.82, 2.24) is 14.4 Å². The highest BCUT2D eigenvalue weighted by Gasteiger charge is 2.49. The van der Waals surface area contributed by atoms with Crippen LogP contribution in [0.3, 0.4) is 0 Å². The number of hydrogen-bond donors (Lipinski definition) is 0. The summed E-state index contributed by atoms with van der Waals surface area (Å²) in [6.07, 6.45) is 3.70. The minimum absolute atomic E-state index is 0.151. The van der Waals surface area contributed by atoms with Gasteiger partial charge in [-0.2, -0.15) is 0 Å². The van der Waals surface area contributed by atoms with E-state index in [-0.39, 0.29) is 11.4 Å². The normalized spacial score (nSPS) is 25.7. The highest BCUT2D eigenvalue weighted by molar-refractivity contribution is 7.95. The van der Waals surface area contributed by atoms with Gasteiger partial charge < -0.3 is 13.9 Å². The van der Waals surface area contributed by atoms with Gasteiger partial charge in [0.15, 0.2) is 21.8 Å². The molecule has 0 aromatic carbocycles. The van der Waals surface area contributed by atoms with Crippen molar-refractivity contribution in [2.75, 3.05) is 13.1 Å². The average Bonchev–Trinajstić information content (AvgIpc) is 3.19. The Labute approximate surface area is 152 Å². The molecular formula is C17H20N4O4S. The summed E-state index contributed by atoms with van der Waals surface area (Å²) in [4.78, 5) is 10.2. The maximum atomic E-state index is 13.1. The summed E-state index contributed by atoms with van der Waals surface area (Å²) in [6, 6.07) is 5.61. The van der Waals surface area contributed by atoms with Crippen molar-refractivity contribution in [3.63, 3.8) is 0 Å². The van der Waals surface area contributed by atoms with Gasteiger partial charge in [-0.05, 0) is 31.9 Å². The summed E-state index contributed by atoms with van der Waals surface area (Å²) in [5.41, 5.74) is 1.24. The van der Waals surface area contributed by atoms with Crippen LogP contribution in [0.4, 0.5) is 0 Å². The molecule has 2 aliphatic rings. The van der Waals surface area contributed by atoms with E-state index in [1.807, 2.05) is 18.2 Å². The molecular weight excluding hydrogens is 356 g/mol. The van der Waals surface area contributed by atoms with Crippen LogP contribution in [0, 0.1) is 13.8 Å². The fraction of sp³-hybridized carbons (Fsp3) is 0.471. The standard InChI is InChI=1S/C17H20N4O4S/c1-12-16(13(2)24-19-12)26(22,23)21-9-5-7-17(11-21)10-15(20-25-17)14-6-3-4-8-18-14/h3-4,6,8H,5,7,9-11H2,1-2H3. The van der Waals surface area contributed by atoms with Gasteiger partial charge in [-0.3, -0.25) is 4.98 Å².